The molecule has 2 aromatic rings. The quantitative estimate of drug-likeness (QED) is 0.660. The van der Waals surface area contributed by atoms with Crippen LogP contribution in [-0.2, 0) is 16.1 Å². The van der Waals surface area contributed by atoms with Crippen LogP contribution in [0.25, 0.3) is 0 Å². The third-order valence-electron chi connectivity index (χ3n) is 4.59. The zero-order valence-corrected chi connectivity index (χ0v) is 18.6. The summed E-state index contributed by atoms with van der Waals surface area (Å²) >= 11 is 12.6. The summed E-state index contributed by atoms with van der Waals surface area (Å²) in [5.41, 5.74) is 2.64. The van der Waals surface area contributed by atoms with Crippen molar-refractivity contribution in [1.82, 2.24) is 10.2 Å². The van der Waals surface area contributed by atoms with E-state index in [2.05, 4.69) is 5.32 Å². The van der Waals surface area contributed by atoms with Gasteiger partial charge in [-0.25, -0.2) is 0 Å². The minimum atomic E-state index is -0.711. The number of rotatable bonds is 8. The van der Waals surface area contributed by atoms with Crippen molar-refractivity contribution in [3.63, 3.8) is 0 Å². The van der Waals surface area contributed by atoms with Crippen LogP contribution in [0.15, 0.2) is 36.4 Å². The zero-order valence-electron chi connectivity index (χ0n) is 17.1. The fourth-order valence-corrected chi connectivity index (χ4v) is 3.46. The summed E-state index contributed by atoms with van der Waals surface area (Å²) in [4.78, 5) is 26.8. The second kappa shape index (κ2) is 10.5. The Kier molecular flexibility index (Phi) is 8.35. The number of ether oxygens (including phenoxy) is 1. The SMILES string of the molecule is CCNC(=O)[C@H](C)N(Cc1c(Cl)cccc1Cl)C(=O)COc1ccc(C)cc1C. The van der Waals surface area contributed by atoms with Gasteiger partial charge in [-0.3, -0.25) is 9.59 Å². The number of halogens is 2. The molecule has 0 saturated heterocycles. The van der Waals surface area contributed by atoms with Gasteiger partial charge < -0.3 is 15.0 Å². The normalized spacial score (nSPS) is 11.7. The molecule has 156 valence electrons. The number of carbonyl (C=O) groups is 2. The topological polar surface area (TPSA) is 58.6 Å². The Balaban J connectivity index is 2.23. The van der Waals surface area contributed by atoms with E-state index < -0.39 is 6.04 Å². The highest BCUT2D eigenvalue weighted by atomic mass is 35.5. The molecule has 0 aliphatic heterocycles. The molecule has 2 amide bonds. The van der Waals surface area contributed by atoms with Crippen LogP contribution < -0.4 is 10.1 Å². The minimum Gasteiger partial charge on any atom is -0.483 e. The molecule has 1 atom stereocenters. The van der Waals surface area contributed by atoms with Crippen LogP contribution in [-0.4, -0.2) is 35.9 Å². The fourth-order valence-electron chi connectivity index (χ4n) is 2.94. The second-order valence-electron chi connectivity index (χ2n) is 6.85. The van der Waals surface area contributed by atoms with E-state index in [1.807, 2.05) is 39.0 Å². The van der Waals surface area contributed by atoms with Crippen molar-refractivity contribution < 1.29 is 14.3 Å². The van der Waals surface area contributed by atoms with Crippen molar-refractivity contribution in [2.24, 2.45) is 0 Å². The predicted molar refractivity (Wildman–Crippen MR) is 117 cm³/mol. The number of carbonyl (C=O) groups excluding carboxylic acids is 2. The van der Waals surface area contributed by atoms with Crippen LogP contribution in [0, 0.1) is 13.8 Å². The van der Waals surface area contributed by atoms with Crippen molar-refractivity contribution in [2.45, 2.75) is 40.3 Å². The first-order valence-electron chi connectivity index (χ1n) is 9.44. The Bertz CT molecular complexity index is 866. The van der Waals surface area contributed by atoms with Gasteiger partial charge in [-0.2, -0.15) is 0 Å². The summed E-state index contributed by atoms with van der Waals surface area (Å²) in [6.45, 7) is 7.78. The van der Waals surface area contributed by atoms with Crippen molar-refractivity contribution in [1.29, 1.82) is 0 Å². The number of nitrogens with zero attached hydrogens (tertiary/aromatic N) is 1. The number of aryl methyl sites for hydroxylation is 2. The Morgan fingerprint density at radius 3 is 2.38 bits per heavy atom. The number of amides is 2. The van der Waals surface area contributed by atoms with Gasteiger partial charge in [0.05, 0.1) is 0 Å². The summed E-state index contributed by atoms with van der Waals surface area (Å²) in [7, 11) is 0. The molecule has 2 rings (SSSR count). The van der Waals surface area contributed by atoms with Gasteiger partial charge in [0.1, 0.15) is 11.8 Å². The lowest BCUT2D eigenvalue weighted by Crippen LogP contribution is -2.49. The molecular weight excluding hydrogens is 411 g/mol. The molecular formula is C22H26Cl2N2O3. The van der Waals surface area contributed by atoms with E-state index in [1.54, 1.807) is 25.1 Å². The summed E-state index contributed by atoms with van der Waals surface area (Å²) in [5, 5.41) is 3.62. The summed E-state index contributed by atoms with van der Waals surface area (Å²) in [5.74, 6) is 0.0422. The van der Waals surface area contributed by atoms with Crippen molar-refractivity contribution in [2.75, 3.05) is 13.2 Å². The fraction of sp³-hybridized carbons (Fsp3) is 0.364. The molecule has 0 aromatic heterocycles. The first kappa shape index (κ1) is 23.0. The van der Waals surface area contributed by atoms with Gasteiger partial charge in [-0.1, -0.05) is 47.0 Å². The maximum absolute atomic E-state index is 13.0. The Morgan fingerprint density at radius 2 is 1.79 bits per heavy atom. The molecule has 2 aromatic carbocycles. The van der Waals surface area contributed by atoms with E-state index in [1.165, 1.54) is 4.90 Å². The molecule has 29 heavy (non-hydrogen) atoms. The maximum atomic E-state index is 13.0. The van der Waals surface area contributed by atoms with Gasteiger partial charge in [0.15, 0.2) is 6.61 Å². The molecule has 7 heteroatoms. The predicted octanol–water partition coefficient (Wildman–Crippen LogP) is 4.54. The minimum absolute atomic E-state index is 0.103. The molecule has 0 aliphatic rings. The lowest BCUT2D eigenvalue weighted by atomic mass is 10.1. The molecule has 0 radical (unpaired) electrons. The Hall–Kier alpha value is -2.24. The third kappa shape index (κ3) is 6.12. The van der Waals surface area contributed by atoms with E-state index in [-0.39, 0.29) is 25.0 Å². The Morgan fingerprint density at radius 1 is 1.14 bits per heavy atom. The molecule has 0 aliphatic carbocycles. The molecule has 1 N–H and O–H groups in total. The van der Waals surface area contributed by atoms with E-state index in [0.717, 1.165) is 11.1 Å². The largest absolute Gasteiger partial charge is 0.483 e. The first-order chi connectivity index (χ1) is 13.7. The second-order valence-corrected chi connectivity index (χ2v) is 7.66. The van der Waals surface area contributed by atoms with Crippen molar-refractivity contribution >= 4 is 35.0 Å². The third-order valence-corrected chi connectivity index (χ3v) is 5.30. The van der Waals surface area contributed by atoms with Gasteiger partial charge in [0, 0.05) is 28.7 Å². The molecule has 0 bridgehead atoms. The van der Waals surface area contributed by atoms with Gasteiger partial charge in [-0.05, 0) is 51.5 Å². The monoisotopic (exact) mass is 436 g/mol. The van der Waals surface area contributed by atoms with Gasteiger partial charge in [0.2, 0.25) is 5.91 Å². The standard InChI is InChI=1S/C22H26Cl2N2O3/c1-5-25-22(28)16(4)26(12-17-18(23)7-6-8-19(17)24)21(27)13-29-20-10-9-14(2)11-15(20)3/h6-11,16H,5,12-13H2,1-4H3,(H,25,28)/t16-/m0/s1. The number of hydrogen-bond acceptors (Lipinski definition) is 3. The highest BCUT2D eigenvalue weighted by Gasteiger charge is 2.27. The van der Waals surface area contributed by atoms with E-state index in [0.29, 0.717) is 27.9 Å². The highest BCUT2D eigenvalue weighted by molar-refractivity contribution is 6.36. The van der Waals surface area contributed by atoms with Gasteiger partial charge >= 0.3 is 0 Å². The lowest BCUT2D eigenvalue weighted by molar-refractivity contribution is -0.142. The van der Waals surface area contributed by atoms with Crippen LogP contribution in [0.5, 0.6) is 5.75 Å². The number of nitrogens with one attached hydrogen (secondary N) is 1. The zero-order chi connectivity index (χ0) is 21.6. The summed E-state index contributed by atoms with van der Waals surface area (Å²) < 4.78 is 5.73. The maximum Gasteiger partial charge on any atom is 0.261 e. The molecule has 5 nitrogen and oxygen atoms in total. The Labute approximate surface area is 181 Å². The smallest absolute Gasteiger partial charge is 0.261 e. The highest BCUT2D eigenvalue weighted by Crippen LogP contribution is 2.27. The van der Waals surface area contributed by atoms with E-state index in [9.17, 15) is 9.59 Å². The van der Waals surface area contributed by atoms with Gasteiger partial charge in [-0.15, -0.1) is 0 Å². The van der Waals surface area contributed by atoms with Crippen LogP contribution in [0.4, 0.5) is 0 Å². The average Bonchev–Trinajstić information content (AvgIpc) is 2.66. The van der Waals surface area contributed by atoms with Crippen molar-refractivity contribution in [3.8, 4) is 5.75 Å². The molecule has 0 fully saturated rings. The molecule has 0 saturated carbocycles. The van der Waals surface area contributed by atoms with Crippen LogP contribution in [0.3, 0.4) is 0 Å². The number of hydrogen-bond donors (Lipinski definition) is 1. The first-order valence-corrected chi connectivity index (χ1v) is 10.2. The summed E-state index contributed by atoms with van der Waals surface area (Å²) in [6.07, 6.45) is 0. The number of benzene rings is 2. The van der Waals surface area contributed by atoms with Gasteiger partial charge in [0.25, 0.3) is 5.91 Å². The van der Waals surface area contributed by atoms with Crippen LogP contribution in [0.2, 0.25) is 10.0 Å². The lowest BCUT2D eigenvalue weighted by Gasteiger charge is -2.29. The van der Waals surface area contributed by atoms with E-state index in [4.69, 9.17) is 27.9 Å². The average molecular weight is 437 g/mol. The summed E-state index contributed by atoms with van der Waals surface area (Å²) in [6, 6.07) is 10.2. The van der Waals surface area contributed by atoms with Crippen molar-refractivity contribution in [3.05, 3.63) is 63.1 Å². The van der Waals surface area contributed by atoms with Crippen LogP contribution in [0.1, 0.15) is 30.5 Å². The number of likely N-dealkylation sites (N-methyl/N-ethyl adjacent to an activating group) is 1. The molecule has 0 heterocycles. The molecule has 0 spiro atoms. The van der Waals surface area contributed by atoms with E-state index >= 15 is 0 Å². The van der Waals surface area contributed by atoms with Crippen LogP contribution >= 0.6 is 23.2 Å². The molecule has 0 unspecified atom stereocenters.